The smallest absolute Gasteiger partial charge is 0.259 e. The third-order valence-corrected chi connectivity index (χ3v) is 13.4. The Morgan fingerprint density at radius 2 is 1.96 bits per heavy atom. The molecular weight excluding hydrogens is 755 g/mol. The Hall–Kier alpha value is -4.45. The van der Waals surface area contributed by atoms with Gasteiger partial charge < -0.3 is 20.3 Å². The van der Waals surface area contributed by atoms with Crippen LogP contribution in [-0.2, 0) is 30.8 Å². The molecule has 1 aromatic carbocycles. The number of sulfonamides is 1. The molecule has 3 aromatic rings. The minimum atomic E-state index is -4.09. The number of fused-ring (bicyclic) bond motifs is 10. The van der Waals surface area contributed by atoms with Gasteiger partial charge >= 0.3 is 0 Å². The summed E-state index contributed by atoms with van der Waals surface area (Å²) in [6, 6.07) is 2.96. The van der Waals surface area contributed by atoms with Gasteiger partial charge in [-0.15, -0.1) is 11.3 Å². The molecule has 8 bridgehead atoms. The van der Waals surface area contributed by atoms with Crippen LogP contribution in [0.3, 0.4) is 0 Å². The molecule has 4 aliphatic rings. The maximum Gasteiger partial charge on any atom is 0.259 e. The number of aromatic nitrogens is 4. The zero-order valence-electron chi connectivity index (χ0n) is 31.1. The van der Waals surface area contributed by atoms with Gasteiger partial charge in [0.05, 0.1) is 36.2 Å². The highest BCUT2D eigenvalue weighted by molar-refractivity contribution is 7.91. The Kier molecular flexibility index (Phi) is 10.5. The van der Waals surface area contributed by atoms with Crippen molar-refractivity contribution >= 4 is 50.3 Å². The molecule has 2 saturated carbocycles. The van der Waals surface area contributed by atoms with Crippen molar-refractivity contribution in [3.05, 3.63) is 47.1 Å². The molecule has 55 heavy (non-hydrogen) atoms. The van der Waals surface area contributed by atoms with Gasteiger partial charge in [-0.1, -0.05) is 32.9 Å². The van der Waals surface area contributed by atoms with Gasteiger partial charge in [0.2, 0.25) is 28.3 Å². The van der Waals surface area contributed by atoms with E-state index in [-0.39, 0.29) is 13.0 Å². The van der Waals surface area contributed by atoms with Gasteiger partial charge in [0.1, 0.15) is 29.1 Å². The van der Waals surface area contributed by atoms with Crippen LogP contribution < -0.4 is 20.1 Å². The molecular formula is C37H46F2N8O6S2. The van der Waals surface area contributed by atoms with E-state index in [9.17, 15) is 31.6 Å². The van der Waals surface area contributed by atoms with Crippen LogP contribution in [0.2, 0.25) is 0 Å². The Labute approximate surface area is 322 Å². The van der Waals surface area contributed by atoms with Gasteiger partial charge in [0, 0.05) is 29.5 Å². The average Bonchev–Trinajstić information content (AvgIpc) is 3.94. The van der Waals surface area contributed by atoms with E-state index in [1.54, 1.807) is 13.3 Å². The van der Waals surface area contributed by atoms with Gasteiger partial charge in [0.15, 0.2) is 5.13 Å². The van der Waals surface area contributed by atoms with Crippen LogP contribution in [0.4, 0.5) is 13.9 Å². The second kappa shape index (κ2) is 14.9. The van der Waals surface area contributed by atoms with Crippen molar-refractivity contribution in [3.63, 3.8) is 0 Å². The van der Waals surface area contributed by atoms with E-state index < -0.39 is 80.8 Å². The standard InChI is InChI=1S/C37H46F2N8O6S2/c1-36(2,3)30-33(49)46-19-24(16-28(46)32(48)43-37(17-26(37)31(38)39)34(50)45-55(51,52)25-12-13-25)47-40-18-27(44-47)21-11-14-29(53-4)22(15-21)9-7-5-6-8-10-23-20-54-35(41-23)42-30/h7,9,11,14-15,18,20,24-26,28,30-31H,5-6,8,10,12-13,16-17,19H2,1-4H3,(H,41,42)(H,43,48)(H,45,50)/b9-7+/t24-,26+,28+,30-,37-/m1/s1. The molecule has 1 saturated heterocycles. The Bertz CT molecular complexity index is 2090. The number of hydrogen-bond acceptors (Lipinski definition) is 11. The van der Waals surface area contributed by atoms with Crippen LogP contribution in [0.1, 0.15) is 83.0 Å². The summed E-state index contributed by atoms with van der Waals surface area (Å²) in [6.45, 7) is 5.65. The lowest BCUT2D eigenvalue weighted by Crippen LogP contribution is -2.59. The molecule has 0 radical (unpaired) electrons. The first kappa shape index (κ1) is 38.8. The van der Waals surface area contributed by atoms with Crippen LogP contribution in [0.25, 0.3) is 17.3 Å². The number of allylic oxidation sites excluding steroid dienone is 1. The number of methoxy groups -OCH3 is 1. The van der Waals surface area contributed by atoms with Gasteiger partial charge in [-0.2, -0.15) is 15.0 Å². The molecule has 14 nitrogen and oxygen atoms in total. The summed E-state index contributed by atoms with van der Waals surface area (Å²) in [6.07, 6.45) is 6.42. The molecule has 0 unspecified atom stereocenters. The summed E-state index contributed by atoms with van der Waals surface area (Å²) in [7, 11) is -2.48. The van der Waals surface area contributed by atoms with Crippen LogP contribution in [0, 0.1) is 11.3 Å². The summed E-state index contributed by atoms with van der Waals surface area (Å²) in [4.78, 5) is 50.0. The molecule has 5 atom stereocenters. The first-order chi connectivity index (χ1) is 26.1. The number of thiazole rings is 1. The number of halogens is 2. The Balaban J connectivity index is 1.24. The van der Waals surface area contributed by atoms with Gasteiger partial charge in [-0.25, -0.2) is 22.2 Å². The van der Waals surface area contributed by atoms with Crippen molar-refractivity contribution in [3.8, 4) is 17.0 Å². The molecule has 2 aliphatic carbocycles. The number of nitrogens with zero attached hydrogens (tertiary/aromatic N) is 5. The third-order valence-electron chi connectivity index (χ3n) is 10.8. The predicted molar refractivity (Wildman–Crippen MR) is 202 cm³/mol. The summed E-state index contributed by atoms with van der Waals surface area (Å²) in [5.41, 5.74) is 0.244. The molecule has 296 valence electrons. The van der Waals surface area contributed by atoms with Gasteiger partial charge in [-0.3, -0.25) is 19.1 Å². The van der Waals surface area contributed by atoms with Crippen molar-refractivity contribution in [1.82, 2.24) is 34.9 Å². The number of rotatable bonds is 7. The number of nitrogens with one attached hydrogen (secondary N) is 3. The highest BCUT2D eigenvalue weighted by atomic mass is 32.2. The van der Waals surface area contributed by atoms with Crippen molar-refractivity contribution in [1.29, 1.82) is 0 Å². The monoisotopic (exact) mass is 800 g/mol. The van der Waals surface area contributed by atoms with Gasteiger partial charge in [-0.05, 0) is 68.6 Å². The Morgan fingerprint density at radius 3 is 2.65 bits per heavy atom. The van der Waals surface area contributed by atoms with Crippen molar-refractivity contribution in [2.24, 2.45) is 11.3 Å². The zero-order valence-corrected chi connectivity index (χ0v) is 32.8. The maximum atomic E-state index is 14.7. The van der Waals surface area contributed by atoms with E-state index in [1.165, 1.54) is 21.0 Å². The summed E-state index contributed by atoms with van der Waals surface area (Å²) in [5, 5.41) is 16.8. The predicted octanol–water partition coefficient (Wildman–Crippen LogP) is 4.57. The Morgan fingerprint density at radius 1 is 1.18 bits per heavy atom. The molecule has 3 fully saturated rings. The van der Waals surface area contributed by atoms with Crippen LogP contribution in [-0.4, -0.2) is 94.0 Å². The fraction of sp³-hybridized carbons (Fsp3) is 0.568. The number of aryl methyl sites for hydroxylation is 1. The number of carbonyl (C=O) groups excluding carboxylic acids is 3. The molecule has 3 N–H and O–H groups in total. The second-order valence-corrected chi connectivity index (χ2v) is 18.7. The van der Waals surface area contributed by atoms with Crippen LogP contribution in [0.5, 0.6) is 5.75 Å². The number of alkyl halides is 2. The van der Waals surface area contributed by atoms with E-state index in [4.69, 9.17) is 14.8 Å². The highest BCUT2D eigenvalue weighted by Crippen LogP contribution is 2.48. The van der Waals surface area contributed by atoms with E-state index >= 15 is 0 Å². The van der Waals surface area contributed by atoms with Crippen LogP contribution in [0.15, 0.2) is 35.9 Å². The first-order valence-corrected chi connectivity index (χ1v) is 21.0. The number of anilines is 1. The van der Waals surface area contributed by atoms with Crippen molar-refractivity contribution in [2.45, 2.75) is 107 Å². The number of hydrogen-bond donors (Lipinski definition) is 3. The van der Waals surface area contributed by atoms with E-state index in [0.717, 1.165) is 42.5 Å². The van der Waals surface area contributed by atoms with E-state index in [0.29, 0.717) is 29.4 Å². The van der Waals surface area contributed by atoms with Crippen LogP contribution >= 0.6 is 11.3 Å². The molecule has 2 aromatic heterocycles. The molecule has 2 aliphatic heterocycles. The maximum absolute atomic E-state index is 14.7. The number of carbonyl (C=O) groups is 3. The fourth-order valence-corrected chi connectivity index (χ4v) is 9.46. The number of amides is 3. The minimum absolute atomic E-state index is 0.00201. The topological polar surface area (TPSA) is 178 Å². The zero-order chi connectivity index (χ0) is 39.3. The number of ether oxygens (including phenoxy) is 1. The number of benzene rings is 1. The second-order valence-electron chi connectivity index (χ2n) is 15.9. The molecule has 3 amide bonds. The molecule has 7 rings (SSSR count). The normalized spacial score (nSPS) is 26.5. The lowest BCUT2D eigenvalue weighted by Gasteiger charge is -2.35. The largest absolute Gasteiger partial charge is 0.496 e. The SMILES string of the molecule is COc1ccc2cc1/C=C/CCCCc1csc(n1)N[C@@H](C(C)(C)C)C(=O)N1C[C@@H](C[C@H]1C(=O)N[C@]1(C(=O)NS(=O)(=O)C3CC3)C[C@H]1C(F)F)n1ncc-2n1. The summed E-state index contributed by atoms with van der Waals surface area (Å²) >= 11 is 1.38. The first-order valence-electron chi connectivity index (χ1n) is 18.5. The molecule has 18 heteroatoms. The molecule has 0 spiro atoms. The lowest BCUT2D eigenvalue weighted by atomic mass is 9.85. The highest BCUT2D eigenvalue weighted by Gasteiger charge is 2.66. The lowest BCUT2D eigenvalue weighted by molar-refractivity contribution is -0.141. The quantitative estimate of drug-likeness (QED) is 0.307. The summed E-state index contributed by atoms with van der Waals surface area (Å²) in [5.74, 6) is -3.40. The third kappa shape index (κ3) is 8.11. The van der Waals surface area contributed by atoms with Gasteiger partial charge in [0.25, 0.3) is 5.91 Å². The van der Waals surface area contributed by atoms with Crippen molar-refractivity contribution < 1.29 is 36.3 Å². The summed E-state index contributed by atoms with van der Waals surface area (Å²) < 4.78 is 61.2. The van der Waals surface area contributed by atoms with E-state index in [2.05, 4.69) is 21.8 Å². The van der Waals surface area contributed by atoms with Crippen molar-refractivity contribution in [2.75, 3.05) is 19.0 Å². The van der Waals surface area contributed by atoms with E-state index in [1.807, 2.05) is 55.1 Å². The molecule has 4 heterocycles. The minimum Gasteiger partial charge on any atom is -0.496 e. The average molecular weight is 801 g/mol. The fourth-order valence-electron chi connectivity index (χ4n) is 7.32.